The zero-order valence-electron chi connectivity index (χ0n) is 7.18. The highest BCUT2D eigenvalue weighted by atomic mass is 16.1. The summed E-state index contributed by atoms with van der Waals surface area (Å²) in [6.45, 7) is 5.44. The van der Waals surface area contributed by atoms with Crippen LogP contribution < -0.4 is 5.73 Å². The lowest BCUT2D eigenvalue weighted by atomic mass is 10.1. The van der Waals surface area contributed by atoms with E-state index in [9.17, 15) is 4.79 Å². The molecule has 0 aliphatic rings. The second kappa shape index (κ2) is 6.10. The Hall–Kier alpha value is -0.630. The number of hydrogen-bond donors (Lipinski definition) is 1. The highest BCUT2D eigenvalue weighted by Gasteiger charge is 2.03. The number of allylic oxidation sites excluding steroid dienone is 1. The number of Topliss-reactive ketones (excluding diaryl/α,β-unsaturated/α-hetero) is 1. The van der Waals surface area contributed by atoms with Crippen LogP contribution in [0.5, 0.6) is 0 Å². The van der Waals surface area contributed by atoms with E-state index in [1.54, 1.807) is 0 Å². The summed E-state index contributed by atoms with van der Waals surface area (Å²) < 4.78 is 0. The molecule has 2 heteroatoms. The van der Waals surface area contributed by atoms with Crippen molar-refractivity contribution in [3.05, 3.63) is 12.7 Å². The van der Waals surface area contributed by atoms with E-state index in [0.717, 1.165) is 12.8 Å². The lowest BCUT2D eigenvalue weighted by Crippen LogP contribution is -2.19. The van der Waals surface area contributed by atoms with Crippen LogP contribution in [-0.2, 0) is 4.79 Å². The quantitative estimate of drug-likeness (QED) is 0.468. The van der Waals surface area contributed by atoms with Crippen LogP contribution in [-0.4, -0.2) is 11.8 Å². The predicted molar refractivity (Wildman–Crippen MR) is 47.3 cm³/mol. The molecule has 0 radical (unpaired) electrons. The molecule has 0 aromatic rings. The van der Waals surface area contributed by atoms with Gasteiger partial charge >= 0.3 is 0 Å². The first-order chi connectivity index (χ1) is 5.16. The van der Waals surface area contributed by atoms with Crippen molar-refractivity contribution < 1.29 is 4.79 Å². The molecule has 0 aliphatic carbocycles. The first kappa shape index (κ1) is 10.4. The summed E-state index contributed by atoms with van der Waals surface area (Å²) >= 11 is 0. The van der Waals surface area contributed by atoms with E-state index in [0.29, 0.717) is 12.8 Å². The van der Waals surface area contributed by atoms with Gasteiger partial charge in [0.1, 0.15) is 5.78 Å². The lowest BCUT2D eigenvalue weighted by Gasteiger charge is -2.02. The molecule has 1 unspecified atom stereocenters. The molecule has 0 aliphatic heterocycles. The summed E-state index contributed by atoms with van der Waals surface area (Å²) in [5.74, 6) is 0.266. The number of hydrogen-bond acceptors (Lipinski definition) is 2. The molecule has 0 rings (SSSR count). The lowest BCUT2D eigenvalue weighted by molar-refractivity contribution is -0.119. The number of rotatable bonds is 6. The van der Waals surface area contributed by atoms with Crippen LogP contribution >= 0.6 is 0 Å². The van der Waals surface area contributed by atoms with Gasteiger partial charge in [-0.1, -0.05) is 6.08 Å². The summed E-state index contributed by atoms with van der Waals surface area (Å²) in [7, 11) is 0. The Labute approximate surface area is 68.5 Å². The fourth-order valence-electron chi connectivity index (χ4n) is 0.905. The summed E-state index contributed by atoms with van der Waals surface area (Å²) in [5.41, 5.74) is 5.46. The zero-order valence-corrected chi connectivity index (χ0v) is 7.18. The Balaban J connectivity index is 3.30. The molecule has 0 fully saturated rings. The second-order valence-corrected chi connectivity index (χ2v) is 2.90. The van der Waals surface area contributed by atoms with Crippen LogP contribution in [0.4, 0.5) is 0 Å². The fourth-order valence-corrected chi connectivity index (χ4v) is 0.905. The van der Waals surface area contributed by atoms with Gasteiger partial charge in [0.25, 0.3) is 0 Å². The standard InChI is InChI=1S/C9H17NO/c1-3-4-5-6-9(11)7-8(2)10/h3,8H,1,4-7,10H2,2H3. The van der Waals surface area contributed by atoms with Crippen LogP contribution in [0.3, 0.4) is 0 Å². The summed E-state index contributed by atoms with van der Waals surface area (Å²) in [5, 5.41) is 0. The summed E-state index contributed by atoms with van der Waals surface area (Å²) in [6.07, 6.45) is 4.82. The average Bonchev–Trinajstić information content (AvgIpc) is 1.86. The molecule has 0 bridgehead atoms. The maximum Gasteiger partial charge on any atom is 0.134 e. The summed E-state index contributed by atoms with van der Waals surface area (Å²) in [6, 6.07) is 0.00577. The van der Waals surface area contributed by atoms with E-state index in [1.807, 2.05) is 13.0 Å². The SMILES string of the molecule is C=CCCCC(=O)CC(C)N. The Morgan fingerprint density at radius 1 is 1.73 bits per heavy atom. The van der Waals surface area contributed by atoms with E-state index in [2.05, 4.69) is 6.58 Å². The predicted octanol–water partition coefficient (Wildman–Crippen LogP) is 1.65. The topological polar surface area (TPSA) is 43.1 Å². The van der Waals surface area contributed by atoms with Gasteiger partial charge in [-0.05, 0) is 19.8 Å². The Bertz CT molecular complexity index is 130. The second-order valence-electron chi connectivity index (χ2n) is 2.90. The number of unbranched alkanes of at least 4 members (excludes halogenated alkanes) is 1. The van der Waals surface area contributed by atoms with Gasteiger partial charge in [0.2, 0.25) is 0 Å². The third kappa shape index (κ3) is 7.26. The van der Waals surface area contributed by atoms with E-state index < -0.39 is 0 Å². The van der Waals surface area contributed by atoms with E-state index in [4.69, 9.17) is 5.73 Å². The maximum absolute atomic E-state index is 11.0. The van der Waals surface area contributed by atoms with Crippen molar-refractivity contribution in [2.24, 2.45) is 5.73 Å². The van der Waals surface area contributed by atoms with Crippen molar-refractivity contribution in [1.82, 2.24) is 0 Å². The van der Waals surface area contributed by atoms with E-state index >= 15 is 0 Å². The molecule has 0 saturated carbocycles. The van der Waals surface area contributed by atoms with Crippen molar-refractivity contribution in [3.8, 4) is 0 Å². The van der Waals surface area contributed by atoms with Gasteiger partial charge < -0.3 is 5.73 Å². The van der Waals surface area contributed by atoms with Crippen molar-refractivity contribution >= 4 is 5.78 Å². The normalized spacial score (nSPS) is 12.5. The van der Waals surface area contributed by atoms with Gasteiger partial charge in [0.05, 0.1) is 0 Å². The number of carbonyl (C=O) groups excluding carboxylic acids is 1. The molecule has 0 spiro atoms. The summed E-state index contributed by atoms with van der Waals surface area (Å²) in [4.78, 5) is 11.0. The van der Waals surface area contributed by atoms with Crippen molar-refractivity contribution in [2.45, 2.75) is 38.6 Å². The molecular weight excluding hydrogens is 138 g/mol. The minimum absolute atomic E-state index is 0.00577. The molecular formula is C9H17NO. The Morgan fingerprint density at radius 2 is 2.36 bits per heavy atom. The van der Waals surface area contributed by atoms with E-state index in [1.165, 1.54) is 0 Å². The average molecular weight is 155 g/mol. The van der Waals surface area contributed by atoms with Gasteiger partial charge in [-0.15, -0.1) is 6.58 Å². The third-order valence-electron chi connectivity index (χ3n) is 1.41. The smallest absolute Gasteiger partial charge is 0.134 e. The van der Waals surface area contributed by atoms with Crippen molar-refractivity contribution in [1.29, 1.82) is 0 Å². The van der Waals surface area contributed by atoms with Crippen LogP contribution in [0.2, 0.25) is 0 Å². The third-order valence-corrected chi connectivity index (χ3v) is 1.41. The van der Waals surface area contributed by atoms with Crippen LogP contribution in [0.15, 0.2) is 12.7 Å². The molecule has 11 heavy (non-hydrogen) atoms. The highest BCUT2D eigenvalue weighted by Crippen LogP contribution is 2.00. The largest absolute Gasteiger partial charge is 0.328 e. The minimum Gasteiger partial charge on any atom is -0.328 e. The van der Waals surface area contributed by atoms with Crippen molar-refractivity contribution in [2.75, 3.05) is 0 Å². The fraction of sp³-hybridized carbons (Fsp3) is 0.667. The van der Waals surface area contributed by atoms with Crippen LogP contribution in [0, 0.1) is 0 Å². The van der Waals surface area contributed by atoms with E-state index in [-0.39, 0.29) is 11.8 Å². The zero-order chi connectivity index (χ0) is 8.69. The first-order valence-corrected chi connectivity index (χ1v) is 4.05. The maximum atomic E-state index is 11.0. The van der Waals surface area contributed by atoms with Gasteiger partial charge in [-0.3, -0.25) is 4.79 Å². The molecule has 0 amide bonds. The van der Waals surface area contributed by atoms with Gasteiger partial charge in [0, 0.05) is 18.9 Å². The first-order valence-electron chi connectivity index (χ1n) is 4.05. The number of nitrogens with two attached hydrogens (primary N) is 1. The van der Waals surface area contributed by atoms with Crippen LogP contribution in [0.1, 0.15) is 32.6 Å². The Morgan fingerprint density at radius 3 is 2.82 bits per heavy atom. The minimum atomic E-state index is 0.00577. The number of carbonyl (C=O) groups is 1. The van der Waals surface area contributed by atoms with Gasteiger partial charge in [0.15, 0.2) is 0 Å². The molecule has 64 valence electrons. The van der Waals surface area contributed by atoms with Crippen molar-refractivity contribution in [3.63, 3.8) is 0 Å². The Kier molecular flexibility index (Phi) is 5.75. The molecule has 2 nitrogen and oxygen atoms in total. The monoisotopic (exact) mass is 155 g/mol. The highest BCUT2D eigenvalue weighted by molar-refractivity contribution is 5.78. The molecule has 0 heterocycles. The molecule has 1 atom stereocenters. The molecule has 0 aromatic heterocycles. The molecule has 0 aromatic carbocycles. The molecule has 2 N–H and O–H groups in total. The number of ketones is 1. The van der Waals surface area contributed by atoms with Gasteiger partial charge in [-0.25, -0.2) is 0 Å². The van der Waals surface area contributed by atoms with Crippen LogP contribution in [0.25, 0.3) is 0 Å². The van der Waals surface area contributed by atoms with Gasteiger partial charge in [-0.2, -0.15) is 0 Å². The molecule has 0 saturated heterocycles.